The molecule has 0 N–H and O–H groups in total. The van der Waals surface area contributed by atoms with Crippen LogP contribution in [0.25, 0.3) is 0 Å². The molecule has 2 aliphatic rings. The quantitative estimate of drug-likeness (QED) is 0.566. The third-order valence-electron chi connectivity index (χ3n) is 1.72. The van der Waals surface area contributed by atoms with Crippen LogP contribution in [0.3, 0.4) is 0 Å². The first-order valence-corrected chi connectivity index (χ1v) is 4.69. The Labute approximate surface area is 65.0 Å². The number of hydrogen-bond donors (Lipinski definition) is 0. The molecule has 0 aromatic heterocycles. The summed E-state index contributed by atoms with van der Waals surface area (Å²) in [5.74, 6) is 0. The van der Waals surface area contributed by atoms with Crippen LogP contribution in [0, 0.1) is 0 Å². The molecule has 1 heterocycles. The Morgan fingerprint density at radius 3 is 3.10 bits per heavy atom. The zero-order valence-electron chi connectivity index (χ0n) is 6.00. The summed E-state index contributed by atoms with van der Waals surface area (Å²) in [5, 5.41) is 1.20. The van der Waals surface area contributed by atoms with Gasteiger partial charge in [0.2, 0.25) is 0 Å². The highest BCUT2D eigenvalue weighted by Crippen LogP contribution is 2.28. The molecular formula is C7H10N2S. The summed E-state index contributed by atoms with van der Waals surface area (Å²) in [5.41, 5.74) is 1.46. The third-order valence-corrected chi connectivity index (χ3v) is 2.43. The SMILES string of the molecule is CSC1=NCCN1C1=CC1. The van der Waals surface area contributed by atoms with Gasteiger partial charge in [-0.2, -0.15) is 0 Å². The van der Waals surface area contributed by atoms with Crippen molar-refractivity contribution in [3.05, 3.63) is 11.8 Å². The number of allylic oxidation sites excluding steroid dienone is 2. The molecular weight excluding hydrogens is 144 g/mol. The van der Waals surface area contributed by atoms with Crippen molar-refractivity contribution in [2.24, 2.45) is 4.99 Å². The van der Waals surface area contributed by atoms with Crippen molar-refractivity contribution in [2.45, 2.75) is 6.42 Å². The largest absolute Gasteiger partial charge is 0.323 e. The lowest BCUT2D eigenvalue weighted by atomic mass is 10.6. The number of rotatable bonds is 1. The molecule has 0 amide bonds. The van der Waals surface area contributed by atoms with Gasteiger partial charge in [0.1, 0.15) is 0 Å². The third kappa shape index (κ3) is 0.944. The van der Waals surface area contributed by atoms with Crippen molar-refractivity contribution in [3.63, 3.8) is 0 Å². The van der Waals surface area contributed by atoms with E-state index in [1.54, 1.807) is 11.8 Å². The van der Waals surface area contributed by atoms with Gasteiger partial charge < -0.3 is 4.90 Å². The van der Waals surface area contributed by atoms with Gasteiger partial charge in [0.15, 0.2) is 5.17 Å². The fourth-order valence-electron chi connectivity index (χ4n) is 1.13. The van der Waals surface area contributed by atoms with E-state index in [1.807, 2.05) is 0 Å². The molecule has 54 valence electrons. The fourth-order valence-corrected chi connectivity index (χ4v) is 1.78. The topological polar surface area (TPSA) is 15.6 Å². The first-order valence-electron chi connectivity index (χ1n) is 3.47. The molecule has 0 saturated carbocycles. The van der Waals surface area contributed by atoms with Crippen molar-refractivity contribution in [1.29, 1.82) is 0 Å². The van der Waals surface area contributed by atoms with Crippen LogP contribution in [-0.4, -0.2) is 29.4 Å². The maximum atomic E-state index is 4.36. The van der Waals surface area contributed by atoms with Crippen molar-refractivity contribution < 1.29 is 0 Å². The first kappa shape index (κ1) is 6.28. The Kier molecular flexibility index (Phi) is 1.45. The second-order valence-electron chi connectivity index (χ2n) is 2.42. The van der Waals surface area contributed by atoms with E-state index >= 15 is 0 Å². The van der Waals surface area contributed by atoms with Crippen LogP contribution in [0.15, 0.2) is 16.8 Å². The van der Waals surface area contributed by atoms with Gasteiger partial charge in [0.25, 0.3) is 0 Å². The van der Waals surface area contributed by atoms with E-state index in [1.165, 1.54) is 17.3 Å². The minimum atomic E-state index is 0.980. The maximum absolute atomic E-state index is 4.36. The van der Waals surface area contributed by atoms with Crippen LogP contribution in [0.5, 0.6) is 0 Å². The molecule has 3 heteroatoms. The van der Waals surface area contributed by atoms with Crippen molar-refractivity contribution >= 4 is 16.9 Å². The number of thioether (sulfide) groups is 1. The fraction of sp³-hybridized carbons (Fsp3) is 0.571. The molecule has 0 saturated heterocycles. The number of nitrogens with zero attached hydrogens (tertiary/aromatic N) is 2. The summed E-state index contributed by atoms with van der Waals surface area (Å²) < 4.78 is 0. The van der Waals surface area contributed by atoms with Gasteiger partial charge in [0, 0.05) is 18.7 Å². The lowest BCUT2D eigenvalue weighted by Gasteiger charge is -2.13. The summed E-state index contributed by atoms with van der Waals surface area (Å²) in [6.45, 7) is 2.08. The highest BCUT2D eigenvalue weighted by molar-refractivity contribution is 8.13. The van der Waals surface area contributed by atoms with Gasteiger partial charge >= 0.3 is 0 Å². The summed E-state index contributed by atoms with van der Waals surface area (Å²) in [6.07, 6.45) is 5.51. The zero-order valence-corrected chi connectivity index (χ0v) is 6.82. The van der Waals surface area contributed by atoms with E-state index in [4.69, 9.17) is 0 Å². The Morgan fingerprint density at radius 1 is 1.70 bits per heavy atom. The minimum Gasteiger partial charge on any atom is -0.323 e. The Bertz CT molecular complexity index is 208. The number of aliphatic imine (C=N–C) groups is 1. The number of hydrogen-bond acceptors (Lipinski definition) is 3. The van der Waals surface area contributed by atoms with E-state index < -0.39 is 0 Å². The van der Waals surface area contributed by atoms with E-state index in [0.717, 1.165) is 13.1 Å². The van der Waals surface area contributed by atoms with Crippen molar-refractivity contribution in [1.82, 2.24) is 4.90 Å². The minimum absolute atomic E-state index is 0.980. The average molecular weight is 154 g/mol. The normalized spacial score (nSPS) is 22.7. The lowest BCUT2D eigenvalue weighted by Crippen LogP contribution is -2.20. The average Bonchev–Trinajstić information content (AvgIpc) is 2.69. The van der Waals surface area contributed by atoms with E-state index in [9.17, 15) is 0 Å². The van der Waals surface area contributed by atoms with E-state index in [0.29, 0.717) is 0 Å². The van der Waals surface area contributed by atoms with E-state index in [-0.39, 0.29) is 0 Å². The summed E-state index contributed by atoms with van der Waals surface area (Å²) in [7, 11) is 0. The Balaban J connectivity index is 2.08. The Hall–Kier alpha value is -0.440. The highest BCUT2D eigenvalue weighted by atomic mass is 32.2. The predicted octanol–water partition coefficient (Wildman–Crippen LogP) is 1.31. The van der Waals surface area contributed by atoms with Crippen LogP contribution < -0.4 is 0 Å². The number of amidine groups is 1. The molecule has 0 aromatic rings. The second-order valence-corrected chi connectivity index (χ2v) is 3.19. The van der Waals surface area contributed by atoms with Crippen LogP contribution in [0.2, 0.25) is 0 Å². The predicted molar refractivity (Wildman–Crippen MR) is 45.2 cm³/mol. The molecule has 2 nitrogen and oxygen atoms in total. The van der Waals surface area contributed by atoms with Crippen molar-refractivity contribution in [3.8, 4) is 0 Å². The molecule has 0 aromatic carbocycles. The summed E-state index contributed by atoms with van der Waals surface area (Å²) in [6, 6.07) is 0. The summed E-state index contributed by atoms with van der Waals surface area (Å²) >= 11 is 1.74. The van der Waals surface area contributed by atoms with Gasteiger partial charge in [-0.05, 0) is 6.26 Å². The first-order chi connectivity index (χ1) is 4.92. The molecule has 0 spiro atoms. The highest BCUT2D eigenvalue weighted by Gasteiger charge is 2.23. The van der Waals surface area contributed by atoms with Gasteiger partial charge in [0.05, 0.1) is 6.54 Å². The van der Waals surface area contributed by atoms with Crippen LogP contribution in [-0.2, 0) is 0 Å². The Morgan fingerprint density at radius 2 is 2.50 bits per heavy atom. The lowest BCUT2D eigenvalue weighted by molar-refractivity contribution is 0.589. The molecule has 0 atom stereocenters. The smallest absolute Gasteiger partial charge is 0.163 e. The van der Waals surface area contributed by atoms with Gasteiger partial charge in [-0.1, -0.05) is 17.8 Å². The van der Waals surface area contributed by atoms with Crippen LogP contribution in [0.4, 0.5) is 0 Å². The molecule has 10 heavy (non-hydrogen) atoms. The molecule has 0 unspecified atom stereocenters. The zero-order chi connectivity index (χ0) is 6.97. The molecule has 1 aliphatic carbocycles. The second kappa shape index (κ2) is 2.31. The van der Waals surface area contributed by atoms with Crippen LogP contribution >= 0.6 is 11.8 Å². The van der Waals surface area contributed by atoms with E-state index in [2.05, 4.69) is 22.2 Å². The van der Waals surface area contributed by atoms with Crippen molar-refractivity contribution in [2.75, 3.05) is 19.3 Å². The summed E-state index contributed by atoms with van der Waals surface area (Å²) in [4.78, 5) is 6.67. The molecule has 0 radical (unpaired) electrons. The van der Waals surface area contributed by atoms with Gasteiger partial charge in [-0.15, -0.1) is 0 Å². The van der Waals surface area contributed by atoms with Gasteiger partial charge in [-0.25, -0.2) is 0 Å². The van der Waals surface area contributed by atoms with Crippen LogP contribution in [0.1, 0.15) is 6.42 Å². The molecule has 1 aliphatic heterocycles. The molecule has 0 bridgehead atoms. The van der Waals surface area contributed by atoms with Gasteiger partial charge in [-0.3, -0.25) is 4.99 Å². The standard InChI is InChI=1S/C7H10N2S/c1-10-7-8-4-5-9(7)6-2-3-6/h2H,3-5H2,1H3. The molecule has 2 rings (SSSR count). The maximum Gasteiger partial charge on any atom is 0.163 e. The monoisotopic (exact) mass is 154 g/mol. The molecule has 0 fully saturated rings.